The van der Waals surface area contributed by atoms with E-state index in [1.807, 2.05) is 6.92 Å². The number of amides is 1. The zero-order valence-corrected chi connectivity index (χ0v) is 18.1. The molecule has 1 amide bonds. The maximum atomic E-state index is 13.8. The lowest BCUT2D eigenvalue weighted by atomic mass is 10.1. The smallest absolute Gasteiger partial charge is 0.261 e. The molecule has 1 aliphatic heterocycles. The molecule has 3 aromatic rings. The van der Waals surface area contributed by atoms with Crippen molar-refractivity contribution in [1.82, 2.24) is 20.2 Å². The van der Waals surface area contributed by atoms with Crippen LogP contribution in [0.25, 0.3) is 10.2 Å². The highest BCUT2D eigenvalue weighted by Crippen LogP contribution is 2.35. The van der Waals surface area contributed by atoms with E-state index in [2.05, 4.69) is 32.0 Å². The number of thiophene rings is 1. The molecule has 1 fully saturated rings. The van der Waals surface area contributed by atoms with Gasteiger partial charge in [0.05, 0.1) is 10.3 Å². The van der Waals surface area contributed by atoms with Crippen LogP contribution in [0.2, 0.25) is 0 Å². The lowest BCUT2D eigenvalue weighted by Gasteiger charge is -2.35. The minimum atomic E-state index is -0.318. The number of carbonyl (C=O) groups excluding carboxylic acids is 1. The maximum Gasteiger partial charge on any atom is 0.261 e. The average Bonchev–Trinajstić information content (AvgIpc) is 3.11. The van der Waals surface area contributed by atoms with Crippen molar-refractivity contribution in [2.75, 3.05) is 37.6 Å². The molecule has 1 aliphatic rings. The topological polar surface area (TPSA) is 61.4 Å². The van der Waals surface area contributed by atoms with Crippen molar-refractivity contribution >= 4 is 33.3 Å². The van der Waals surface area contributed by atoms with Gasteiger partial charge < -0.3 is 10.2 Å². The molecule has 0 atom stereocenters. The number of anilines is 1. The van der Waals surface area contributed by atoms with E-state index in [4.69, 9.17) is 0 Å². The van der Waals surface area contributed by atoms with Crippen LogP contribution in [-0.4, -0.2) is 53.5 Å². The number of piperazine rings is 1. The molecule has 1 N–H and O–H groups in total. The summed E-state index contributed by atoms with van der Waals surface area (Å²) in [5.74, 6) is 0.372. The summed E-state index contributed by atoms with van der Waals surface area (Å²) in [4.78, 5) is 28.0. The van der Waals surface area contributed by atoms with Gasteiger partial charge in [-0.05, 0) is 31.5 Å². The molecule has 6 nitrogen and oxygen atoms in total. The molecule has 0 aliphatic carbocycles. The van der Waals surface area contributed by atoms with Gasteiger partial charge in [-0.15, -0.1) is 11.3 Å². The van der Waals surface area contributed by atoms with Gasteiger partial charge >= 0.3 is 0 Å². The highest BCUT2D eigenvalue weighted by Gasteiger charge is 2.24. The van der Waals surface area contributed by atoms with Crippen molar-refractivity contribution in [3.8, 4) is 0 Å². The molecule has 0 bridgehead atoms. The molecule has 0 radical (unpaired) electrons. The number of nitrogens with one attached hydrogen (secondary N) is 1. The van der Waals surface area contributed by atoms with E-state index in [9.17, 15) is 9.18 Å². The van der Waals surface area contributed by atoms with Gasteiger partial charge in [0.15, 0.2) is 0 Å². The molecule has 8 heteroatoms. The van der Waals surface area contributed by atoms with Crippen molar-refractivity contribution in [2.45, 2.75) is 26.8 Å². The molecule has 0 spiro atoms. The van der Waals surface area contributed by atoms with Crippen molar-refractivity contribution in [1.29, 1.82) is 0 Å². The second kappa shape index (κ2) is 9.06. The summed E-state index contributed by atoms with van der Waals surface area (Å²) in [7, 11) is 0. The van der Waals surface area contributed by atoms with Gasteiger partial charge in [-0.2, -0.15) is 0 Å². The van der Waals surface area contributed by atoms with E-state index in [0.717, 1.165) is 60.7 Å². The molecule has 2 aromatic heterocycles. The minimum absolute atomic E-state index is 0.150. The van der Waals surface area contributed by atoms with Crippen LogP contribution in [0.4, 0.5) is 10.2 Å². The Kier molecular flexibility index (Phi) is 6.24. The Morgan fingerprint density at radius 3 is 2.70 bits per heavy atom. The molecule has 3 heterocycles. The van der Waals surface area contributed by atoms with Crippen molar-refractivity contribution in [2.24, 2.45) is 0 Å². The van der Waals surface area contributed by atoms with Gasteiger partial charge in [-0.3, -0.25) is 9.69 Å². The van der Waals surface area contributed by atoms with Gasteiger partial charge in [0.25, 0.3) is 5.91 Å². The third kappa shape index (κ3) is 4.15. The number of halogens is 1. The minimum Gasteiger partial charge on any atom is -0.353 e. The highest BCUT2D eigenvalue weighted by molar-refractivity contribution is 7.20. The predicted octanol–water partition coefficient (Wildman–Crippen LogP) is 3.60. The van der Waals surface area contributed by atoms with Crippen molar-refractivity contribution in [3.05, 3.63) is 52.4 Å². The number of aromatic nitrogens is 2. The van der Waals surface area contributed by atoms with E-state index in [-0.39, 0.29) is 18.3 Å². The number of rotatable bonds is 6. The van der Waals surface area contributed by atoms with Crippen LogP contribution in [0.1, 0.15) is 34.1 Å². The number of hydrogen-bond acceptors (Lipinski definition) is 6. The van der Waals surface area contributed by atoms with Crippen molar-refractivity contribution in [3.63, 3.8) is 0 Å². The van der Waals surface area contributed by atoms with Crippen LogP contribution in [0.5, 0.6) is 0 Å². The zero-order chi connectivity index (χ0) is 21.1. The molecule has 158 valence electrons. The SMILES string of the molecule is CCCN1CCN(c2ncnc3sc(C(=O)NCc4ccccc4F)c(C)c23)CC1. The van der Waals surface area contributed by atoms with E-state index in [1.165, 1.54) is 17.4 Å². The summed E-state index contributed by atoms with van der Waals surface area (Å²) in [6.45, 7) is 9.27. The number of carbonyl (C=O) groups is 1. The summed E-state index contributed by atoms with van der Waals surface area (Å²) in [6, 6.07) is 6.47. The summed E-state index contributed by atoms with van der Waals surface area (Å²) in [6.07, 6.45) is 2.74. The van der Waals surface area contributed by atoms with E-state index in [1.54, 1.807) is 24.5 Å². The second-order valence-electron chi connectivity index (χ2n) is 7.54. The Labute approximate surface area is 179 Å². The van der Waals surface area contributed by atoms with E-state index >= 15 is 0 Å². The molecular weight excluding hydrogens is 401 g/mol. The maximum absolute atomic E-state index is 13.8. The second-order valence-corrected chi connectivity index (χ2v) is 8.54. The third-order valence-corrected chi connectivity index (χ3v) is 6.72. The molecular formula is C22H26FN5OS. The first-order valence-electron chi connectivity index (χ1n) is 10.3. The number of hydrogen-bond donors (Lipinski definition) is 1. The van der Waals surface area contributed by atoms with Crippen molar-refractivity contribution < 1.29 is 9.18 Å². The summed E-state index contributed by atoms with van der Waals surface area (Å²) >= 11 is 1.36. The molecule has 0 unspecified atom stereocenters. The highest BCUT2D eigenvalue weighted by atomic mass is 32.1. The Balaban J connectivity index is 1.55. The molecule has 1 saturated heterocycles. The van der Waals surface area contributed by atoms with Gasteiger partial charge in [-0.25, -0.2) is 14.4 Å². The fourth-order valence-electron chi connectivity index (χ4n) is 3.91. The molecule has 30 heavy (non-hydrogen) atoms. The lowest BCUT2D eigenvalue weighted by Crippen LogP contribution is -2.46. The summed E-state index contributed by atoms with van der Waals surface area (Å²) in [5.41, 5.74) is 1.35. The fourth-order valence-corrected chi connectivity index (χ4v) is 4.97. The van der Waals surface area contributed by atoms with Crippen LogP contribution < -0.4 is 10.2 Å². The first-order chi connectivity index (χ1) is 14.6. The van der Waals surface area contributed by atoms with Gasteiger partial charge in [0.1, 0.15) is 22.8 Å². The van der Waals surface area contributed by atoms with Gasteiger partial charge in [-0.1, -0.05) is 25.1 Å². The average molecular weight is 428 g/mol. The Bertz CT molecular complexity index is 1050. The first-order valence-corrected chi connectivity index (χ1v) is 11.1. The normalized spacial score (nSPS) is 15.0. The Hall–Kier alpha value is -2.58. The number of fused-ring (bicyclic) bond motifs is 1. The first kappa shape index (κ1) is 20.7. The monoisotopic (exact) mass is 427 g/mol. The largest absolute Gasteiger partial charge is 0.353 e. The van der Waals surface area contributed by atoms with E-state index in [0.29, 0.717) is 10.4 Å². The van der Waals surface area contributed by atoms with Crippen LogP contribution in [0.3, 0.4) is 0 Å². The van der Waals surface area contributed by atoms with Gasteiger partial charge in [0.2, 0.25) is 0 Å². The van der Waals surface area contributed by atoms with Crippen LogP contribution >= 0.6 is 11.3 Å². The zero-order valence-electron chi connectivity index (χ0n) is 17.3. The van der Waals surface area contributed by atoms with Crippen LogP contribution in [-0.2, 0) is 6.54 Å². The Morgan fingerprint density at radius 2 is 1.97 bits per heavy atom. The van der Waals surface area contributed by atoms with Gasteiger partial charge in [0, 0.05) is 38.3 Å². The lowest BCUT2D eigenvalue weighted by molar-refractivity contribution is 0.0954. The number of benzene rings is 1. The van der Waals surface area contributed by atoms with Crippen LogP contribution in [0, 0.1) is 12.7 Å². The van der Waals surface area contributed by atoms with Crippen LogP contribution in [0.15, 0.2) is 30.6 Å². The summed E-state index contributed by atoms with van der Waals surface area (Å²) in [5, 5.41) is 3.79. The standard InChI is InChI=1S/C22H26FN5OS/c1-3-8-27-9-11-28(12-10-27)20-18-15(2)19(30-22(18)26-14-25-20)21(29)24-13-16-6-4-5-7-17(16)23/h4-7,14H,3,8-13H2,1-2H3,(H,24,29). The third-order valence-electron chi connectivity index (χ3n) is 5.52. The number of aryl methyl sites for hydroxylation is 1. The molecule has 0 saturated carbocycles. The molecule has 4 rings (SSSR count). The molecule has 1 aromatic carbocycles. The van der Waals surface area contributed by atoms with E-state index < -0.39 is 0 Å². The summed E-state index contributed by atoms with van der Waals surface area (Å²) < 4.78 is 13.8. The predicted molar refractivity (Wildman–Crippen MR) is 119 cm³/mol. The fraction of sp³-hybridized carbons (Fsp3) is 0.409. The Morgan fingerprint density at radius 1 is 1.20 bits per heavy atom. The quantitative estimate of drug-likeness (QED) is 0.651. The number of nitrogens with zero attached hydrogens (tertiary/aromatic N) is 4.